The Hall–Kier alpha value is -2.09. The van der Waals surface area contributed by atoms with Gasteiger partial charge in [-0.3, -0.25) is 4.79 Å². The highest BCUT2D eigenvalue weighted by molar-refractivity contribution is 5.93. The summed E-state index contributed by atoms with van der Waals surface area (Å²) in [4.78, 5) is 12.2. The number of aryl methyl sites for hydroxylation is 3. The molecule has 0 fully saturated rings. The largest absolute Gasteiger partial charge is 0.326 e. The minimum Gasteiger partial charge on any atom is -0.326 e. The number of benzene rings is 2. The van der Waals surface area contributed by atoms with Gasteiger partial charge in [-0.1, -0.05) is 43.3 Å². The van der Waals surface area contributed by atoms with Crippen molar-refractivity contribution in [2.75, 3.05) is 5.32 Å². The topological polar surface area (TPSA) is 29.1 Å². The van der Waals surface area contributed by atoms with Crippen LogP contribution in [0.25, 0.3) is 0 Å². The third-order valence-electron chi connectivity index (χ3n) is 4.20. The molecule has 2 nitrogen and oxygen atoms in total. The Balaban J connectivity index is 1.69. The molecule has 2 aromatic carbocycles. The Morgan fingerprint density at radius 3 is 2.76 bits per heavy atom. The third-order valence-corrected chi connectivity index (χ3v) is 4.20. The molecule has 3 rings (SSSR count). The minimum absolute atomic E-state index is 0.0637. The van der Waals surface area contributed by atoms with Gasteiger partial charge in [-0.05, 0) is 54.0 Å². The maximum Gasteiger partial charge on any atom is 0.228 e. The Bertz CT molecular complexity index is 660. The van der Waals surface area contributed by atoms with Gasteiger partial charge in [-0.2, -0.15) is 0 Å². The van der Waals surface area contributed by atoms with Gasteiger partial charge >= 0.3 is 0 Å². The van der Waals surface area contributed by atoms with E-state index in [2.05, 4.69) is 36.5 Å². The van der Waals surface area contributed by atoms with Crippen LogP contribution in [0.1, 0.15) is 35.6 Å². The Labute approximate surface area is 126 Å². The number of carbonyl (C=O) groups excluding carboxylic acids is 1. The highest BCUT2D eigenvalue weighted by atomic mass is 16.1. The van der Waals surface area contributed by atoms with E-state index in [9.17, 15) is 4.79 Å². The van der Waals surface area contributed by atoms with Crippen LogP contribution in [0.5, 0.6) is 0 Å². The average Bonchev–Trinajstić information content (AvgIpc) is 2.95. The van der Waals surface area contributed by atoms with Crippen molar-refractivity contribution < 1.29 is 4.79 Å². The molecule has 0 heterocycles. The van der Waals surface area contributed by atoms with Crippen LogP contribution >= 0.6 is 0 Å². The lowest BCUT2D eigenvalue weighted by Gasteiger charge is -2.10. The highest BCUT2D eigenvalue weighted by Crippen LogP contribution is 2.23. The standard InChI is InChI=1S/C19H21NO/c1-2-15-6-3-4-9-18(15)20-19(21)13-14-10-11-16-7-5-8-17(16)12-14/h3-4,6,9-12H,2,5,7-8,13H2,1H3,(H,20,21). The van der Waals surface area contributed by atoms with Gasteiger partial charge in [-0.15, -0.1) is 0 Å². The van der Waals surface area contributed by atoms with Gasteiger partial charge in [0.25, 0.3) is 0 Å². The van der Waals surface area contributed by atoms with E-state index >= 15 is 0 Å². The van der Waals surface area contributed by atoms with E-state index in [0.29, 0.717) is 6.42 Å². The first-order chi connectivity index (χ1) is 10.3. The van der Waals surface area contributed by atoms with Crippen molar-refractivity contribution in [3.63, 3.8) is 0 Å². The van der Waals surface area contributed by atoms with Crippen LogP contribution < -0.4 is 5.32 Å². The number of rotatable bonds is 4. The third kappa shape index (κ3) is 3.15. The quantitative estimate of drug-likeness (QED) is 0.903. The van der Waals surface area contributed by atoms with Crippen molar-refractivity contribution in [3.8, 4) is 0 Å². The fourth-order valence-electron chi connectivity index (χ4n) is 3.07. The molecule has 0 spiro atoms. The van der Waals surface area contributed by atoms with Gasteiger partial charge in [0.1, 0.15) is 0 Å². The summed E-state index contributed by atoms with van der Waals surface area (Å²) in [6.07, 6.45) is 4.96. The maximum atomic E-state index is 12.2. The molecule has 0 saturated heterocycles. The molecule has 1 aliphatic rings. The molecule has 0 bridgehead atoms. The van der Waals surface area contributed by atoms with Crippen molar-refractivity contribution in [1.29, 1.82) is 0 Å². The summed E-state index contributed by atoms with van der Waals surface area (Å²) in [7, 11) is 0. The summed E-state index contributed by atoms with van der Waals surface area (Å²) >= 11 is 0. The summed E-state index contributed by atoms with van der Waals surface area (Å²) in [6, 6.07) is 14.5. The number of para-hydroxylation sites is 1. The van der Waals surface area contributed by atoms with Crippen LogP contribution in [-0.2, 0) is 30.5 Å². The summed E-state index contributed by atoms with van der Waals surface area (Å²) in [5.41, 5.74) is 6.11. The molecule has 1 amide bonds. The molecule has 0 saturated carbocycles. The van der Waals surface area contributed by atoms with Crippen LogP contribution in [-0.4, -0.2) is 5.91 Å². The SMILES string of the molecule is CCc1ccccc1NC(=O)Cc1ccc2c(c1)CCC2. The van der Waals surface area contributed by atoms with Crippen molar-refractivity contribution >= 4 is 11.6 Å². The monoisotopic (exact) mass is 279 g/mol. The molecule has 108 valence electrons. The van der Waals surface area contributed by atoms with Gasteiger partial charge in [-0.25, -0.2) is 0 Å². The minimum atomic E-state index is 0.0637. The van der Waals surface area contributed by atoms with Gasteiger partial charge in [0.2, 0.25) is 5.91 Å². The molecular weight excluding hydrogens is 258 g/mol. The Kier molecular flexibility index (Phi) is 4.05. The molecule has 0 atom stereocenters. The molecule has 0 aliphatic heterocycles. The second-order valence-electron chi connectivity index (χ2n) is 5.69. The van der Waals surface area contributed by atoms with Crippen molar-refractivity contribution in [2.24, 2.45) is 0 Å². The summed E-state index contributed by atoms with van der Waals surface area (Å²) in [6.45, 7) is 2.10. The van der Waals surface area contributed by atoms with Crippen LogP contribution in [0.15, 0.2) is 42.5 Å². The van der Waals surface area contributed by atoms with Crippen molar-refractivity contribution in [1.82, 2.24) is 0 Å². The second-order valence-corrected chi connectivity index (χ2v) is 5.69. The number of fused-ring (bicyclic) bond motifs is 1. The predicted octanol–water partition coefficient (Wildman–Crippen LogP) is 3.92. The van der Waals surface area contributed by atoms with Crippen LogP contribution in [0.3, 0.4) is 0 Å². The van der Waals surface area contributed by atoms with Gasteiger partial charge in [0.15, 0.2) is 0 Å². The zero-order valence-corrected chi connectivity index (χ0v) is 12.5. The molecule has 1 N–H and O–H groups in total. The molecule has 0 unspecified atom stereocenters. The normalized spacial score (nSPS) is 13.0. The number of anilines is 1. The molecule has 1 aliphatic carbocycles. The molecule has 21 heavy (non-hydrogen) atoms. The van der Waals surface area contributed by atoms with Crippen molar-refractivity contribution in [2.45, 2.75) is 39.0 Å². The fraction of sp³-hybridized carbons (Fsp3) is 0.316. The zero-order valence-electron chi connectivity index (χ0n) is 12.5. The van der Waals surface area contributed by atoms with E-state index < -0.39 is 0 Å². The lowest BCUT2D eigenvalue weighted by molar-refractivity contribution is -0.115. The lowest BCUT2D eigenvalue weighted by Crippen LogP contribution is -2.15. The average molecular weight is 279 g/mol. The van der Waals surface area contributed by atoms with E-state index in [0.717, 1.165) is 24.1 Å². The Morgan fingerprint density at radius 1 is 1.10 bits per heavy atom. The van der Waals surface area contributed by atoms with E-state index in [4.69, 9.17) is 0 Å². The number of carbonyl (C=O) groups is 1. The first kappa shape index (κ1) is 13.9. The van der Waals surface area contributed by atoms with Crippen LogP contribution in [0.2, 0.25) is 0 Å². The summed E-state index contributed by atoms with van der Waals surface area (Å²) in [5, 5.41) is 3.04. The number of hydrogen-bond donors (Lipinski definition) is 1. The molecule has 0 radical (unpaired) electrons. The van der Waals surface area contributed by atoms with E-state index in [1.807, 2.05) is 18.2 Å². The summed E-state index contributed by atoms with van der Waals surface area (Å²) < 4.78 is 0. The number of amides is 1. The van der Waals surface area contributed by atoms with E-state index in [-0.39, 0.29) is 5.91 Å². The second kappa shape index (κ2) is 6.13. The number of hydrogen-bond acceptors (Lipinski definition) is 1. The van der Waals surface area contributed by atoms with Gasteiger partial charge in [0.05, 0.1) is 6.42 Å². The van der Waals surface area contributed by atoms with E-state index in [1.54, 1.807) is 0 Å². The van der Waals surface area contributed by atoms with Gasteiger partial charge < -0.3 is 5.32 Å². The lowest BCUT2D eigenvalue weighted by atomic mass is 10.0. The zero-order chi connectivity index (χ0) is 14.7. The molecule has 2 heteroatoms. The molecule has 0 aromatic heterocycles. The fourth-order valence-corrected chi connectivity index (χ4v) is 3.07. The first-order valence-corrected chi connectivity index (χ1v) is 7.74. The molecule has 2 aromatic rings. The van der Waals surface area contributed by atoms with E-state index in [1.165, 1.54) is 29.5 Å². The Morgan fingerprint density at radius 2 is 1.90 bits per heavy atom. The molecular formula is C19H21NO. The number of nitrogens with one attached hydrogen (secondary N) is 1. The summed E-state index contributed by atoms with van der Waals surface area (Å²) in [5.74, 6) is 0.0637. The smallest absolute Gasteiger partial charge is 0.228 e. The van der Waals surface area contributed by atoms with Crippen LogP contribution in [0, 0.1) is 0 Å². The van der Waals surface area contributed by atoms with Crippen molar-refractivity contribution in [3.05, 3.63) is 64.7 Å². The predicted molar refractivity (Wildman–Crippen MR) is 86.6 cm³/mol. The highest BCUT2D eigenvalue weighted by Gasteiger charge is 2.12. The first-order valence-electron chi connectivity index (χ1n) is 7.74. The van der Waals surface area contributed by atoms with Gasteiger partial charge in [0, 0.05) is 5.69 Å². The van der Waals surface area contributed by atoms with Crippen LogP contribution in [0.4, 0.5) is 5.69 Å². The maximum absolute atomic E-state index is 12.2.